The molecule has 3 rings (SSSR count). The first-order valence-electron chi connectivity index (χ1n) is 10.1. The average molecular weight is 375 g/mol. The lowest BCUT2D eigenvalue weighted by Gasteiger charge is -2.34. The minimum Gasteiger partial charge on any atom is -0.353 e. The molecule has 0 radical (unpaired) electrons. The van der Waals surface area contributed by atoms with E-state index in [1.807, 2.05) is 4.90 Å². The van der Waals surface area contributed by atoms with E-state index in [4.69, 9.17) is 4.98 Å². The second-order valence-electron chi connectivity index (χ2n) is 7.92. The lowest BCUT2D eigenvalue weighted by molar-refractivity contribution is -0.136. The Hall–Kier alpha value is -1.82. The van der Waals surface area contributed by atoms with Crippen molar-refractivity contribution in [1.82, 2.24) is 15.2 Å². The Balaban J connectivity index is 1.40. The van der Waals surface area contributed by atoms with Gasteiger partial charge in [0.2, 0.25) is 0 Å². The molecule has 1 aliphatic carbocycles. The molecule has 1 saturated heterocycles. The molecule has 27 heavy (non-hydrogen) atoms. The second kappa shape index (κ2) is 8.91. The van der Waals surface area contributed by atoms with Gasteiger partial charge in [0, 0.05) is 43.9 Å². The van der Waals surface area contributed by atoms with Crippen LogP contribution in [0.15, 0.2) is 12.1 Å². The lowest BCUT2D eigenvalue weighted by atomic mass is 9.92. The molecule has 6 heteroatoms. The number of pyridine rings is 1. The number of fused-ring (bicyclic) bond motifs is 1. The van der Waals surface area contributed by atoms with E-state index in [0.717, 1.165) is 31.4 Å². The predicted octanol–water partition coefficient (Wildman–Crippen LogP) is 2.40. The van der Waals surface area contributed by atoms with Gasteiger partial charge in [-0.05, 0) is 57.1 Å². The van der Waals surface area contributed by atoms with Gasteiger partial charge < -0.3 is 5.32 Å². The van der Waals surface area contributed by atoms with E-state index in [9.17, 15) is 14.0 Å². The summed E-state index contributed by atoms with van der Waals surface area (Å²) in [6.07, 6.45) is 6.49. The first kappa shape index (κ1) is 19.9. The van der Waals surface area contributed by atoms with Crippen molar-refractivity contribution in [2.24, 2.45) is 0 Å². The van der Waals surface area contributed by atoms with Crippen LogP contribution in [-0.4, -0.2) is 53.4 Å². The smallest absolute Gasteiger partial charge is 0.257 e. The third kappa shape index (κ3) is 5.34. The molecule has 1 amide bonds. The summed E-state index contributed by atoms with van der Waals surface area (Å²) in [4.78, 5) is 30.1. The fourth-order valence-corrected chi connectivity index (χ4v) is 4.00. The average Bonchev–Trinajstić information content (AvgIpc) is 2.66. The quantitative estimate of drug-likeness (QED) is 0.744. The van der Waals surface area contributed by atoms with Gasteiger partial charge in [0.05, 0.1) is 6.54 Å². The number of piperidine rings is 1. The van der Waals surface area contributed by atoms with Crippen LogP contribution in [0.25, 0.3) is 0 Å². The largest absolute Gasteiger partial charge is 0.353 e. The fourth-order valence-electron chi connectivity index (χ4n) is 4.00. The number of aromatic nitrogens is 1. The number of halogens is 1. The van der Waals surface area contributed by atoms with Crippen LogP contribution in [0.2, 0.25) is 0 Å². The van der Waals surface area contributed by atoms with Gasteiger partial charge in [0.1, 0.15) is 5.78 Å². The van der Waals surface area contributed by atoms with Gasteiger partial charge in [-0.15, -0.1) is 0 Å². The molecule has 1 aromatic heterocycles. The molecule has 0 aromatic carbocycles. The van der Waals surface area contributed by atoms with E-state index in [-0.39, 0.29) is 18.6 Å². The maximum absolute atomic E-state index is 14.9. The van der Waals surface area contributed by atoms with Crippen LogP contribution in [-0.2, 0) is 28.9 Å². The van der Waals surface area contributed by atoms with Gasteiger partial charge in [-0.3, -0.25) is 19.5 Å². The number of ketones is 1. The highest BCUT2D eigenvalue weighted by atomic mass is 19.1. The molecular formula is C21H30FN3O2. The zero-order valence-corrected chi connectivity index (χ0v) is 16.2. The van der Waals surface area contributed by atoms with E-state index in [0.29, 0.717) is 26.2 Å². The van der Waals surface area contributed by atoms with Crippen LogP contribution in [0.4, 0.5) is 4.39 Å². The Labute approximate surface area is 160 Å². The van der Waals surface area contributed by atoms with Gasteiger partial charge >= 0.3 is 0 Å². The number of likely N-dealkylation sites (tertiary alicyclic amines) is 1. The van der Waals surface area contributed by atoms with Crippen molar-refractivity contribution in [3.05, 3.63) is 29.1 Å². The molecule has 0 bridgehead atoms. The molecule has 0 atom stereocenters. The molecule has 0 unspecified atom stereocenters. The van der Waals surface area contributed by atoms with E-state index in [2.05, 4.69) is 17.4 Å². The number of carbonyl (C=O) groups is 2. The van der Waals surface area contributed by atoms with E-state index in [1.165, 1.54) is 31.0 Å². The number of hydrogen-bond donors (Lipinski definition) is 1. The van der Waals surface area contributed by atoms with E-state index in [1.54, 1.807) is 0 Å². The molecule has 148 valence electrons. The van der Waals surface area contributed by atoms with Crippen LogP contribution >= 0.6 is 0 Å². The zero-order chi connectivity index (χ0) is 19.3. The number of aryl methyl sites for hydroxylation is 3. The molecule has 0 spiro atoms. The number of amides is 1. The summed E-state index contributed by atoms with van der Waals surface area (Å²) in [5, 5.41) is 2.75. The second-order valence-corrected chi connectivity index (χ2v) is 7.92. The summed E-state index contributed by atoms with van der Waals surface area (Å²) in [6, 6.07) is 4.26. The van der Waals surface area contributed by atoms with Crippen LogP contribution < -0.4 is 5.32 Å². The van der Waals surface area contributed by atoms with Crippen molar-refractivity contribution in [2.75, 3.05) is 26.2 Å². The van der Waals surface area contributed by atoms with Gasteiger partial charge in [0.25, 0.3) is 5.91 Å². The molecule has 0 saturated carbocycles. The maximum Gasteiger partial charge on any atom is 0.257 e. The summed E-state index contributed by atoms with van der Waals surface area (Å²) in [7, 11) is 0. The topological polar surface area (TPSA) is 62.3 Å². The van der Waals surface area contributed by atoms with Crippen LogP contribution in [0.1, 0.15) is 56.0 Å². The number of hydrogen-bond acceptors (Lipinski definition) is 4. The highest BCUT2D eigenvalue weighted by Crippen LogP contribution is 2.27. The van der Waals surface area contributed by atoms with Crippen molar-refractivity contribution in [2.45, 2.75) is 64.0 Å². The Kier molecular flexibility index (Phi) is 6.58. The molecule has 1 aromatic rings. The van der Waals surface area contributed by atoms with Gasteiger partial charge in [-0.1, -0.05) is 6.07 Å². The summed E-state index contributed by atoms with van der Waals surface area (Å²) in [5.74, 6) is -0.440. The Morgan fingerprint density at radius 1 is 1.22 bits per heavy atom. The van der Waals surface area contributed by atoms with Crippen molar-refractivity contribution in [1.29, 1.82) is 0 Å². The summed E-state index contributed by atoms with van der Waals surface area (Å²) in [6.45, 7) is 3.22. The first-order chi connectivity index (χ1) is 13.0. The van der Waals surface area contributed by atoms with E-state index < -0.39 is 11.6 Å². The normalized spacial score (nSPS) is 19.3. The number of Topliss-reactive ketones (excluding diaryl/α,β-unsaturated/α-hetero) is 1. The molecule has 1 N–H and O–H groups in total. The van der Waals surface area contributed by atoms with Crippen LogP contribution in [0, 0.1) is 0 Å². The number of nitrogens with zero attached hydrogens (tertiary/aromatic N) is 2. The monoisotopic (exact) mass is 375 g/mol. The van der Waals surface area contributed by atoms with Crippen molar-refractivity contribution < 1.29 is 14.0 Å². The number of alkyl halides is 1. The molecule has 2 heterocycles. The summed E-state index contributed by atoms with van der Waals surface area (Å²) < 4.78 is 14.9. The number of carbonyl (C=O) groups excluding carboxylic acids is 2. The van der Waals surface area contributed by atoms with Crippen molar-refractivity contribution in [3.8, 4) is 0 Å². The van der Waals surface area contributed by atoms with Crippen molar-refractivity contribution in [3.63, 3.8) is 0 Å². The minimum atomic E-state index is -1.81. The minimum absolute atomic E-state index is 0.0709. The van der Waals surface area contributed by atoms with Gasteiger partial charge in [-0.25, -0.2) is 4.39 Å². The Bertz CT molecular complexity index is 684. The third-order valence-corrected chi connectivity index (χ3v) is 5.63. The van der Waals surface area contributed by atoms with Crippen LogP contribution in [0.5, 0.6) is 0 Å². The van der Waals surface area contributed by atoms with E-state index >= 15 is 0 Å². The molecular weight excluding hydrogens is 345 g/mol. The Morgan fingerprint density at radius 3 is 2.70 bits per heavy atom. The standard InChI is InChI=1S/C21H30FN3O2/c1-16(26)15-25-13-10-21(22,11-14-25)20(27)23-12-4-6-18-9-8-17-5-2-3-7-19(17)24-18/h8-9H,2-7,10-15H2,1H3,(H,23,27). The van der Waals surface area contributed by atoms with Crippen molar-refractivity contribution >= 4 is 11.7 Å². The molecule has 1 aliphatic heterocycles. The molecule has 1 fully saturated rings. The summed E-state index contributed by atoms with van der Waals surface area (Å²) in [5.41, 5.74) is 1.84. The number of nitrogens with one attached hydrogen (secondary N) is 1. The Morgan fingerprint density at radius 2 is 1.96 bits per heavy atom. The molecule has 5 nitrogen and oxygen atoms in total. The molecule has 2 aliphatic rings. The first-order valence-corrected chi connectivity index (χ1v) is 10.1. The summed E-state index contributed by atoms with van der Waals surface area (Å²) >= 11 is 0. The van der Waals surface area contributed by atoms with Gasteiger partial charge in [-0.2, -0.15) is 0 Å². The van der Waals surface area contributed by atoms with Crippen LogP contribution in [0.3, 0.4) is 0 Å². The lowest BCUT2D eigenvalue weighted by Crippen LogP contribution is -2.51. The highest BCUT2D eigenvalue weighted by molar-refractivity contribution is 5.85. The zero-order valence-electron chi connectivity index (χ0n) is 16.2. The maximum atomic E-state index is 14.9. The third-order valence-electron chi connectivity index (χ3n) is 5.63. The SMILES string of the molecule is CC(=O)CN1CCC(F)(C(=O)NCCCc2ccc3c(n2)CCCC3)CC1. The predicted molar refractivity (Wildman–Crippen MR) is 102 cm³/mol. The van der Waals surface area contributed by atoms with Gasteiger partial charge in [0.15, 0.2) is 5.67 Å². The number of rotatable bonds is 7. The highest BCUT2D eigenvalue weighted by Gasteiger charge is 2.41. The fraction of sp³-hybridized carbons (Fsp3) is 0.667.